The molecule has 1 aliphatic rings. The highest BCUT2D eigenvalue weighted by molar-refractivity contribution is 7.99. The summed E-state index contributed by atoms with van der Waals surface area (Å²) in [5.74, 6) is 0.152. The topological polar surface area (TPSA) is 36.1 Å². The highest BCUT2D eigenvalue weighted by Gasteiger charge is 2.36. The van der Waals surface area contributed by atoms with Gasteiger partial charge in [0.15, 0.2) is 11.0 Å². The fourth-order valence-electron chi connectivity index (χ4n) is 3.52. The second-order valence-corrected chi connectivity index (χ2v) is 7.25. The first kappa shape index (κ1) is 13.8. The van der Waals surface area contributed by atoms with Crippen LogP contribution in [0.3, 0.4) is 0 Å². The summed E-state index contributed by atoms with van der Waals surface area (Å²) in [4.78, 5) is 16.2. The largest absolute Gasteiger partial charge is 0.324 e. The lowest BCUT2D eigenvalue weighted by atomic mass is 10.0. The van der Waals surface area contributed by atoms with Gasteiger partial charge in [-0.2, -0.15) is 4.57 Å². The number of aromatic amines is 1. The van der Waals surface area contributed by atoms with Crippen LogP contribution in [0.2, 0.25) is 0 Å². The Bertz CT molecular complexity index is 1090. The number of benzene rings is 3. The van der Waals surface area contributed by atoms with Gasteiger partial charge in [0.05, 0.1) is 11.7 Å². The molecule has 2 heterocycles. The van der Waals surface area contributed by atoms with Gasteiger partial charge in [-0.15, -0.1) is 0 Å². The van der Waals surface area contributed by atoms with Gasteiger partial charge in [0, 0.05) is 0 Å². The fourth-order valence-corrected chi connectivity index (χ4v) is 4.82. The van der Waals surface area contributed by atoms with Crippen LogP contribution < -0.4 is 4.98 Å². The highest BCUT2D eigenvalue weighted by Crippen LogP contribution is 2.43. The Hall–Kier alpha value is -2.59. The van der Waals surface area contributed by atoms with Crippen LogP contribution in [-0.4, -0.2) is 10.5 Å². The zero-order chi connectivity index (χ0) is 16.1. The predicted molar refractivity (Wildman–Crippen MR) is 96.3 cm³/mol. The molecule has 1 atom stereocenters. The number of H-pyrrole nitrogens is 1. The molecule has 4 aromatic rings. The second-order valence-electron chi connectivity index (χ2n) is 6.06. The maximum Gasteiger partial charge on any atom is 0.324 e. The second kappa shape index (κ2) is 5.21. The maximum atomic E-state index is 12.8. The van der Waals surface area contributed by atoms with E-state index in [0.29, 0.717) is 6.42 Å². The monoisotopic (exact) mass is 331 g/mol. The van der Waals surface area contributed by atoms with Crippen LogP contribution in [0.5, 0.6) is 0 Å². The van der Waals surface area contributed by atoms with E-state index in [2.05, 4.69) is 47.4 Å². The van der Waals surface area contributed by atoms with Gasteiger partial charge < -0.3 is 0 Å². The number of fused-ring (bicyclic) bond motifs is 4. The Morgan fingerprint density at radius 1 is 0.958 bits per heavy atom. The van der Waals surface area contributed by atoms with Crippen LogP contribution in [0.1, 0.15) is 22.0 Å². The molecular formula is C20H15N2OS+. The van der Waals surface area contributed by atoms with Crippen molar-refractivity contribution in [3.63, 3.8) is 0 Å². The normalized spacial score (nSPS) is 17.3. The Balaban J connectivity index is 1.66. The minimum Gasteiger partial charge on any atom is -0.246 e. The summed E-state index contributed by atoms with van der Waals surface area (Å²) in [6, 6.07) is 22.7. The highest BCUT2D eigenvalue weighted by atomic mass is 32.2. The molecule has 0 radical (unpaired) electrons. The van der Waals surface area contributed by atoms with E-state index in [1.54, 1.807) is 11.8 Å². The zero-order valence-electron chi connectivity index (χ0n) is 12.9. The van der Waals surface area contributed by atoms with Gasteiger partial charge in [-0.25, -0.2) is 9.78 Å². The van der Waals surface area contributed by atoms with Crippen LogP contribution in [0.4, 0.5) is 0 Å². The lowest BCUT2D eigenvalue weighted by Crippen LogP contribution is -2.22. The lowest BCUT2D eigenvalue weighted by molar-refractivity contribution is -0.398. The van der Waals surface area contributed by atoms with Crippen molar-refractivity contribution in [3.8, 4) is 0 Å². The quantitative estimate of drug-likeness (QED) is 0.515. The first-order valence-electron chi connectivity index (χ1n) is 8.01. The van der Waals surface area contributed by atoms with Crippen LogP contribution in [0, 0.1) is 0 Å². The summed E-state index contributed by atoms with van der Waals surface area (Å²) in [6.45, 7) is 0. The van der Waals surface area contributed by atoms with Crippen LogP contribution in [0.25, 0.3) is 21.8 Å². The average Bonchev–Trinajstić information content (AvgIpc) is 3.00. The molecule has 1 unspecified atom stereocenters. The van der Waals surface area contributed by atoms with E-state index in [9.17, 15) is 4.79 Å². The van der Waals surface area contributed by atoms with Crippen LogP contribution in [0.15, 0.2) is 71.9 Å². The van der Waals surface area contributed by atoms with E-state index < -0.39 is 0 Å². The van der Waals surface area contributed by atoms with Gasteiger partial charge in [0.1, 0.15) is 0 Å². The number of imidazole rings is 1. The minimum atomic E-state index is 0.136. The van der Waals surface area contributed by atoms with E-state index in [1.165, 1.54) is 16.3 Å². The molecule has 0 bridgehead atoms. The summed E-state index contributed by atoms with van der Waals surface area (Å²) in [7, 11) is 0. The van der Waals surface area contributed by atoms with Gasteiger partial charge in [-0.3, -0.25) is 0 Å². The first-order chi connectivity index (χ1) is 11.8. The van der Waals surface area contributed by atoms with Crippen LogP contribution >= 0.6 is 11.8 Å². The van der Waals surface area contributed by atoms with Gasteiger partial charge in [-0.1, -0.05) is 54.6 Å². The zero-order valence-corrected chi connectivity index (χ0v) is 13.7. The van der Waals surface area contributed by atoms with E-state index in [4.69, 9.17) is 0 Å². The standard InChI is InChI=1S/C20H14N2OS/c23-19-12-18(15-9-5-7-13-6-1-2-8-14(13)15)24-20-21-16-10-3-4-11-17(16)22(19)20/h1-11,18H,12H2/p+1. The molecule has 0 fully saturated rings. The Morgan fingerprint density at radius 3 is 2.71 bits per heavy atom. The van der Waals surface area contributed by atoms with Crippen molar-refractivity contribution >= 4 is 39.5 Å². The van der Waals surface area contributed by atoms with Crippen molar-refractivity contribution in [1.82, 2.24) is 4.57 Å². The van der Waals surface area contributed by atoms with Crippen molar-refractivity contribution in [3.05, 3.63) is 72.3 Å². The molecule has 5 rings (SSSR count). The fraction of sp³-hybridized carbons (Fsp3) is 0.100. The van der Waals surface area contributed by atoms with E-state index in [-0.39, 0.29) is 11.2 Å². The molecule has 0 saturated carbocycles. The van der Waals surface area contributed by atoms with Gasteiger partial charge in [0.2, 0.25) is 0 Å². The molecular weight excluding hydrogens is 316 g/mol. The number of hydrogen-bond donors (Lipinski definition) is 0. The lowest BCUT2D eigenvalue weighted by Gasteiger charge is -2.19. The van der Waals surface area contributed by atoms with Crippen LogP contribution in [-0.2, 0) is 0 Å². The number of thioether (sulfide) groups is 1. The molecule has 0 amide bonds. The number of hydrogen-bond acceptors (Lipinski definition) is 2. The number of rotatable bonds is 1. The molecule has 1 aliphatic heterocycles. The number of carbonyl (C=O) groups is 1. The predicted octanol–water partition coefficient (Wildman–Crippen LogP) is 4.49. The summed E-state index contributed by atoms with van der Waals surface area (Å²) < 4.78 is 1.82. The van der Waals surface area contributed by atoms with Crippen molar-refractivity contribution in [1.29, 1.82) is 0 Å². The number of aromatic nitrogens is 2. The smallest absolute Gasteiger partial charge is 0.246 e. The summed E-state index contributed by atoms with van der Waals surface area (Å²) in [5.41, 5.74) is 3.20. The summed E-state index contributed by atoms with van der Waals surface area (Å²) >= 11 is 1.74. The van der Waals surface area contributed by atoms with Crippen molar-refractivity contribution in [2.24, 2.45) is 0 Å². The maximum absolute atomic E-state index is 12.8. The molecule has 0 saturated heterocycles. The minimum absolute atomic E-state index is 0.136. The molecule has 116 valence electrons. The van der Waals surface area contributed by atoms with Crippen molar-refractivity contribution in [2.75, 3.05) is 0 Å². The summed E-state index contributed by atoms with van der Waals surface area (Å²) in [6.07, 6.45) is 0.512. The van der Waals surface area contributed by atoms with E-state index in [0.717, 1.165) is 16.2 Å². The molecule has 3 aromatic carbocycles. The number of carbonyl (C=O) groups excluding carboxylic acids is 1. The number of nitrogens with zero attached hydrogens (tertiary/aromatic N) is 1. The molecule has 1 N–H and O–H groups in total. The van der Waals surface area contributed by atoms with E-state index in [1.807, 2.05) is 28.8 Å². The summed E-state index contributed by atoms with van der Waals surface area (Å²) in [5, 5.41) is 3.51. The Morgan fingerprint density at radius 2 is 1.75 bits per heavy atom. The third-order valence-electron chi connectivity index (χ3n) is 4.62. The van der Waals surface area contributed by atoms with Gasteiger partial charge in [-0.05, 0) is 40.2 Å². The Labute approximate surface area is 143 Å². The molecule has 0 aliphatic carbocycles. The van der Waals surface area contributed by atoms with Crippen molar-refractivity contribution in [2.45, 2.75) is 16.8 Å². The number of para-hydroxylation sites is 2. The molecule has 0 spiro atoms. The first-order valence-corrected chi connectivity index (χ1v) is 8.89. The third kappa shape index (κ3) is 2.00. The van der Waals surface area contributed by atoms with Gasteiger partial charge in [0.25, 0.3) is 0 Å². The van der Waals surface area contributed by atoms with Gasteiger partial charge >= 0.3 is 11.1 Å². The molecule has 3 nitrogen and oxygen atoms in total. The van der Waals surface area contributed by atoms with Crippen molar-refractivity contribution < 1.29 is 9.78 Å². The third-order valence-corrected chi connectivity index (χ3v) is 5.84. The molecule has 24 heavy (non-hydrogen) atoms. The molecule has 1 aromatic heterocycles. The average molecular weight is 331 g/mol. The Kier molecular flexibility index (Phi) is 3.00. The number of nitrogens with one attached hydrogen (secondary N) is 1. The SMILES string of the molecule is O=C1CC(c2cccc3ccccc23)Sc2[nH+]c3ccccc3n21. The molecule has 4 heteroatoms. The van der Waals surface area contributed by atoms with E-state index >= 15 is 0 Å².